The molecule has 0 aliphatic heterocycles. The topological polar surface area (TPSA) is 57.6 Å². The highest BCUT2D eigenvalue weighted by Crippen LogP contribution is 2.28. The Bertz CT molecular complexity index is 551. The largest absolute Gasteiger partial charge is 0.395 e. The van der Waals surface area contributed by atoms with E-state index in [1.807, 2.05) is 0 Å². The number of hydrogen-bond donors (Lipinski definition) is 1. The van der Waals surface area contributed by atoms with Gasteiger partial charge in [-0.05, 0) is 25.0 Å². The van der Waals surface area contributed by atoms with Gasteiger partial charge >= 0.3 is 0 Å². The van der Waals surface area contributed by atoms with Gasteiger partial charge in [0.2, 0.25) is 10.0 Å². The van der Waals surface area contributed by atoms with E-state index >= 15 is 0 Å². The molecule has 4 nitrogen and oxygen atoms in total. The molecular weight excluding hydrogens is 288 g/mol. The van der Waals surface area contributed by atoms with Gasteiger partial charge in [-0.3, -0.25) is 0 Å². The Labute approximate surface area is 117 Å². The maximum Gasteiger partial charge on any atom is 0.243 e. The van der Waals surface area contributed by atoms with Crippen molar-refractivity contribution in [2.24, 2.45) is 0 Å². The third-order valence-electron chi connectivity index (χ3n) is 3.50. The molecule has 1 aromatic carbocycles. The molecule has 1 fully saturated rings. The summed E-state index contributed by atoms with van der Waals surface area (Å²) < 4.78 is 52.6. The SMILES string of the molecule is O=S(=O)(c1cc(F)cc(F)c1)N(CCO)C1CCCC1. The van der Waals surface area contributed by atoms with Crippen LogP contribution in [0, 0.1) is 11.6 Å². The maximum atomic E-state index is 13.2. The minimum Gasteiger partial charge on any atom is -0.395 e. The van der Waals surface area contributed by atoms with E-state index in [-0.39, 0.29) is 19.2 Å². The van der Waals surface area contributed by atoms with Crippen molar-refractivity contribution in [3.63, 3.8) is 0 Å². The van der Waals surface area contributed by atoms with Crippen LogP contribution in [0.1, 0.15) is 25.7 Å². The summed E-state index contributed by atoms with van der Waals surface area (Å²) in [5.41, 5.74) is 0. The van der Waals surface area contributed by atoms with E-state index in [1.165, 1.54) is 0 Å². The number of aliphatic hydroxyl groups is 1. The van der Waals surface area contributed by atoms with Crippen molar-refractivity contribution >= 4 is 10.0 Å². The van der Waals surface area contributed by atoms with Gasteiger partial charge in [-0.2, -0.15) is 4.31 Å². The second-order valence-corrected chi connectivity index (χ2v) is 6.77. The molecule has 112 valence electrons. The number of halogens is 2. The van der Waals surface area contributed by atoms with E-state index in [0.717, 1.165) is 29.3 Å². The van der Waals surface area contributed by atoms with Crippen LogP contribution in [0.2, 0.25) is 0 Å². The number of benzene rings is 1. The third-order valence-corrected chi connectivity index (χ3v) is 5.42. The first-order valence-electron chi connectivity index (χ1n) is 6.54. The zero-order chi connectivity index (χ0) is 14.8. The van der Waals surface area contributed by atoms with Gasteiger partial charge in [0.05, 0.1) is 11.5 Å². The second-order valence-electron chi connectivity index (χ2n) is 4.88. The standard InChI is InChI=1S/C13H17F2NO3S/c14-10-7-11(15)9-13(8-10)20(18,19)16(5-6-17)12-3-1-2-4-12/h7-9,12,17H,1-6H2. The fourth-order valence-corrected chi connectivity index (χ4v) is 4.32. The van der Waals surface area contributed by atoms with Crippen LogP contribution in [-0.4, -0.2) is 37.0 Å². The van der Waals surface area contributed by atoms with E-state index in [4.69, 9.17) is 5.11 Å². The highest BCUT2D eigenvalue weighted by Gasteiger charge is 2.33. The van der Waals surface area contributed by atoms with E-state index in [1.54, 1.807) is 0 Å². The number of aliphatic hydroxyl groups excluding tert-OH is 1. The average Bonchev–Trinajstić information content (AvgIpc) is 2.88. The summed E-state index contributed by atoms with van der Waals surface area (Å²) in [6.45, 7) is -0.390. The summed E-state index contributed by atoms with van der Waals surface area (Å²) in [4.78, 5) is -0.407. The van der Waals surface area contributed by atoms with E-state index in [9.17, 15) is 17.2 Å². The Hall–Kier alpha value is -1.05. The highest BCUT2D eigenvalue weighted by molar-refractivity contribution is 7.89. The first kappa shape index (κ1) is 15.3. The van der Waals surface area contributed by atoms with Crippen molar-refractivity contribution in [3.05, 3.63) is 29.8 Å². The number of rotatable bonds is 5. The molecule has 0 heterocycles. The van der Waals surface area contributed by atoms with Crippen LogP contribution in [0.3, 0.4) is 0 Å². The normalized spacial score (nSPS) is 17.0. The summed E-state index contributed by atoms with van der Waals surface area (Å²) in [6.07, 6.45) is 3.24. The molecular formula is C13H17F2NO3S. The molecule has 0 aromatic heterocycles. The molecule has 1 aromatic rings. The molecule has 7 heteroatoms. The van der Waals surface area contributed by atoms with Gasteiger partial charge in [0, 0.05) is 18.7 Å². The third kappa shape index (κ3) is 3.16. The maximum absolute atomic E-state index is 13.2. The number of nitrogens with zero attached hydrogens (tertiary/aromatic N) is 1. The van der Waals surface area contributed by atoms with E-state index < -0.39 is 26.6 Å². The molecule has 1 aliphatic rings. The molecule has 0 saturated heterocycles. The predicted octanol–water partition coefficient (Wildman–Crippen LogP) is 1.89. The summed E-state index contributed by atoms with van der Waals surface area (Å²) in [6, 6.07) is 2.03. The van der Waals surface area contributed by atoms with E-state index in [2.05, 4.69) is 0 Å². The molecule has 0 amide bonds. The Morgan fingerprint density at radius 1 is 1.15 bits per heavy atom. The summed E-state index contributed by atoms with van der Waals surface area (Å²) >= 11 is 0. The zero-order valence-corrected chi connectivity index (χ0v) is 11.7. The molecule has 2 rings (SSSR count). The van der Waals surface area contributed by atoms with Crippen LogP contribution in [0.15, 0.2) is 23.1 Å². The Morgan fingerprint density at radius 2 is 1.70 bits per heavy atom. The molecule has 0 spiro atoms. The van der Waals surface area contributed by atoms with Crippen LogP contribution >= 0.6 is 0 Å². The quantitative estimate of drug-likeness (QED) is 0.904. The summed E-state index contributed by atoms with van der Waals surface area (Å²) in [5, 5.41) is 9.06. The lowest BCUT2D eigenvalue weighted by atomic mass is 10.2. The minimum atomic E-state index is -4.00. The fourth-order valence-electron chi connectivity index (χ4n) is 2.60. The van der Waals surface area contributed by atoms with Gasteiger partial charge in [0.25, 0.3) is 0 Å². The Morgan fingerprint density at radius 3 is 2.20 bits per heavy atom. The van der Waals surface area contributed by atoms with Crippen molar-refractivity contribution in [3.8, 4) is 0 Å². The van der Waals surface area contributed by atoms with Gasteiger partial charge in [-0.1, -0.05) is 12.8 Å². The smallest absolute Gasteiger partial charge is 0.243 e. The molecule has 0 bridgehead atoms. The van der Waals surface area contributed by atoms with Crippen molar-refractivity contribution in [1.29, 1.82) is 0 Å². The van der Waals surface area contributed by atoms with Crippen molar-refractivity contribution in [1.82, 2.24) is 4.31 Å². The average molecular weight is 305 g/mol. The lowest BCUT2D eigenvalue weighted by Gasteiger charge is -2.27. The minimum absolute atomic E-state index is 0.0644. The first-order chi connectivity index (χ1) is 9.45. The molecule has 20 heavy (non-hydrogen) atoms. The van der Waals surface area contributed by atoms with Gasteiger partial charge in [-0.25, -0.2) is 17.2 Å². The highest BCUT2D eigenvalue weighted by atomic mass is 32.2. The van der Waals surface area contributed by atoms with Crippen LogP contribution in [0.4, 0.5) is 8.78 Å². The van der Waals surface area contributed by atoms with Crippen LogP contribution < -0.4 is 0 Å². The van der Waals surface area contributed by atoms with Crippen LogP contribution in [0.5, 0.6) is 0 Å². The fraction of sp³-hybridized carbons (Fsp3) is 0.538. The summed E-state index contributed by atoms with van der Waals surface area (Å²) in [5.74, 6) is -1.86. The second kappa shape index (κ2) is 6.15. The van der Waals surface area contributed by atoms with E-state index in [0.29, 0.717) is 18.9 Å². The molecule has 1 N–H and O–H groups in total. The molecule has 1 aliphatic carbocycles. The van der Waals surface area contributed by atoms with Gasteiger partial charge < -0.3 is 5.11 Å². The van der Waals surface area contributed by atoms with Crippen molar-refractivity contribution in [2.45, 2.75) is 36.6 Å². The van der Waals surface area contributed by atoms with Crippen LogP contribution in [0.25, 0.3) is 0 Å². The Balaban J connectivity index is 2.38. The van der Waals surface area contributed by atoms with Crippen LogP contribution in [-0.2, 0) is 10.0 Å². The number of sulfonamides is 1. The van der Waals surface area contributed by atoms with Gasteiger partial charge in [0.1, 0.15) is 11.6 Å². The first-order valence-corrected chi connectivity index (χ1v) is 7.98. The number of hydrogen-bond acceptors (Lipinski definition) is 3. The van der Waals surface area contributed by atoms with Crippen molar-refractivity contribution in [2.75, 3.05) is 13.2 Å². The summed E-state index contributed by atoms with van der Waals surface area (Å²) in [7, 11) is -4.00. The van der Waals surface area contributed by atoms with Gasteiger partial charge in [-0.15, -0.1) is 0 Å². The molecule has 0 radical (unpaired) electrons. The van der Waals surface area contributed by atoms with Crippen molar-refractivity contribution < 1.29 is 22.3 Å². The van der Waals surface area contributed by atoms with Gasteiger partial charge in [0.15, 0.2) is 0 Å². The lowest BCUT2D eigenvalue weighted by molar-refractivity contribution is 0.226. The lowest BCUT2D eigenvalue weighted by Crippen LogP contribution is -2.40. The zero-order valence-electron chi connectivity index (χ0n) is 10.9. The monoisotopic (exact) mass is 305 g/mol. The predicted molar refractivity (Wildman–Crippen MR) is 69.6 cm³/mol. The molecule has 0 atom stereocenters. The molecule has 0 unspecified atom stereocenters. The molecule has 1 saturated carbocycles. The Kier molecular flexibility index (Phi) is 4.72.